The van der Waals surface area contributed by atoms with E-state index in [9.17, 15) is 4.79 Å². The normalized spacial score (nSPS) is 10.7. The van der Waals surface area contributed by atoms with Crippen LogP contribution >= 0.6 is 11.6 Å². The molecule has 3 rings (SSSR count). The molecule has 28 heavy (non-hydrogen) atoms. The molecule has 3 aromatic rings. The Labute approximate surface area is 170 Å². The number of nitrogens with one attached hydrogen (secondary N) is 1. The molecular weight excluding hydrogens is 374 g/mol. The predicted octanol–water partition coefficient (Wildman–Crippen LogP) is 4.55. The van der Waals surface area contributed by atoms with Crippen molar-refractivity contribution in [3.8, 4) is 5.75 Å². The summed E-state index contributed by atoms with van der Waals surface area (Å²) in [5.41, 5.74) is 3.70. The molecule has 0 spiro atoms. The maximum absolute atomic E-state index is 12.3. The van der Waals surface area contributed by atoms with E-state index in [1.807, 2.05) is 73.3 Å². The van der Waals surface area contributed by atoms with Crippen molar-refractivity contribution in [1.82, 2.24) is 15.1 Å². The number of benzene rings is 2. The molecule has 0 saturated heterocycles. The molecule has 2 aromatic carbocycles. The minimum atomic E-state index is -0.0779. The third-order valence-electron chi connectivity index (χ3n) is 4.32. The number of hydrogen-bond donors (Lipinski definition) is 1. The zero-order valence-electron chi connectivity index (χ0n) is 16.1. The number of rotatable bonds is 8. The van der Waals surface area contributed by atoms with Gasteiger partial charge in [0.25, 0.3) is 5.91 Å². The molecule has 1 heterocycles. The van der Waals surface area contributed by atoms with Crippen LogP contribution in [0.25, 0.3) is 0 Å². The summed E-state index contributed by atoms with van der Waals surface area (Å²) in [5.74, 6) is 0.585. The quantitative estimate of drug-likeness (QED) is 0.567. The van der Waals surface area contributed by atoms with Crippen molar-refractivity contribution < 1.29 is 9.53 Å². The van der Waals surface area contributed by atoms with Crippen LogP contribution in [0.2, 0.25) is 5.02 Å². The first kappa shape index (κ1) is 20.0. The van der Waals surface area contributed by atoms with Gasteiger partial charge in [0, 0.05) is 24.8 Å². The van der Waals surface area contributed by atoms with Gasteiger partial charge in [-0.15, -0.1) is 0 Å². The van der Waals surface area contributed by atoms with Gasteiger partial charge < -0.3 is 10.1 Å². The SMILES string of the molecule is Cc1ccc(Cl)c(OCc2ccc(C(=O)NCCCn3ccc(C)n3)cc2)c1. The van der Waals surface area contributed by atoms with Crippen molar-refractivity contribution in [2.75, 3.05) is 6.54 Å². The van der Waals surface area contributed by atoms with Crippen LogP contribution in [0.3, 0.4) is 0 Å². The Balaban J connectivity index is 1.45. The fourth-order valence-corrected chi connectivity index (χ4v) is 2.94. The number of aryl methyl sites for hydroxylation is 3. The zero-order chi connectivity index (χ0) is 19.9. The highest BCUT2D eigenvalue weighted by molar-refractivity contribution is 6.32. The Bertz CT molecular complexity index is 935. The standard InChI is InChI=1S/C22H24ClN3O2/c1-16-4-9-20(23)21(14-16)28-15-18-5-7-19(8-6-18)22(27)24-11-3-12-26-13-10-17(2)25-26/h4-10,13-14H,3,11-12,15H2,1-2H3,(H,24,27). The number of carbonyl (C=O) groups is 1. The van der Waals surface area contributed by atoms with Crippen molar-refractivity contribution in [2.45, 2.75) is 33.4 Å². The maximum Gasteiger partial charge on any atom is 0.251 e. The Kier molecular flexibility index (Phi) is 6.71. The Morgan fingerprint density at radius 1 is 1.14 bits per heavy atom. The van der Waals surface area contributed by atoms with Crippen LogP contribution in [-0.2, 0) is 13.2 Å². The first-order chi connectivity index (χ1) is 13.5. The largest absolute Gasteiger partial charge is 0.487 e. The van der Waals surface area contributed by atoms with Gasteiger partial charge in [0.1, 0.15) is 12.4 Å². The summed E-state index contributed by atoms with van der Waals surface area (Å²) in [6, 6.07) is 15.1. The number of hydrogen-bond acceptors (Lipinski definition) is 3. The second kappa shape index (κ2) is 9.42. The lowest BCUT2D eigenvalue weighted by Gasteiger charge is -2.10. The van der Waals surface area contributed by atoms with Gasteiger partial charge in [-0.1, -0.05) is 29.8 Å². The molecule has 5 nitrogen and oxygen atoms in total. The number of carbonyl (C=O) groups excluding carboxylic acids is 1. The third-order valence-corrected chi connectivity index (χ3v) is 4.63. The summed E-state index contributed by atoms with van der Waals surface area (Å²) in [5, 5.41) is 7.86. The minimum absolute atomic E-state index is 0.0779. The summed E-state index contributed by atoms with van der Waals surface area (Å²) in [4.78, 5) is 12.3. The summed E-state index contributed by atoms with van der Waals surface area (Å²) in [7, 11) is 0. The van der Waals surface area contributed by atoms with Crippen LogP contribution in [0.1, 0.15) is 33.6 Å². The van der Waals surface area contributed by atoms with E-state index in [0.717, 1.165) is 29.8 Å². The van der Waals surface area contributed by atoms with Gasteiger partial charge in [0.15, 0.2) is 0 Å². The molecule has 0 unspecified atom stereocenters. The molecule has 0 bridgehead atoms. The number of amides is 1. The average Bonchev–Trinajstić information content (AvgIpc) is 3.11. The fraction of sp³-hybridized carbons (Fsp3) is 0.273. The van der Waals surface area contributed by atoms with E-state index in [4.69, 9.17) is 16.3 Å². The number of ether oxygens (including phenoxy) is 1. The van der Waals surface area contributed by atoms with Crippen molar-refractivity contribution >= 4 is 17.5 Å². The van der Waals surface area contributed by atoms with Crippen LogP contribution in [0.15, 0.2) is 54.7 Å². The van der Waals surface area contributed by atoms with Gasteiger partial charge in [-0.25, -0.2) is 0 Å². The van der Waals surface area contributed by atoms with E-state index < -0.39 is 0 Å². The van der Waals surface area contributed by atoms with E-state index in [0.29, 0.717) is 29.5 Å². The van der Waals surface area contributed by atoms with Crippen LogP contribution in [0.4, 0.5) is 0 Å². The molecule has 0 atom stereocenters. The lowest BCUT2D eigenvalue weighted by Crippen LogP contribution is -2.25. The summed E-state index contributed by atoms with van der Waals surface area (Å²) in [6.07, 6.45) is 2.78. The van der Waals surface area contributed by atoms with E-state index in [2.05, 4.69) is 10.4 Å². The molecule has 6 heteroatoms. The van der Waals surface area contributed by atoms with Gasteiger partial charge in [0.05, 0.1) is 10.7 Å². The van der Waals surface area contributed by atoms with Crippen molar-refractivity contribution in [2.24, 2.45) is 0 Å². The highest BCUT2D eigenvalue weighted by atomic mass is 35.5. The van der Waals surface area contributed by atoms with Crippen molar-refractivity contribution in [3.05, 3.63) is 82.1 Å². The smallest absolute Gasteiger partial charge is 0.251 e. The molecule has 146 valence electrons. The first-order valence-electron chi connectivity index (χ1n) is 9.27. The summed E-state index contributed by atoms with van der Waals surface area (Å²) >= 11 is 6.15. The van der Waals surface area contributed by atoms with Gasteiger partial charge in [-0.05, 0) is 61.7 Å². The van der Waals surface area contributed by atoms with E-state index in [1.54, 1.807) is 0 Å². The molecule has 0 fully saturated rings. The third kappa shape index (κ3) is 5.60. The first-order valence-corrected chi connectivity index (χ1v) is 9.65. The maximum atomic E-state index is 12.3. The van der Waals surface area contributed by atoms with Crippen LogP contribution in [0, 0.1) is 13.8 Å². The molecular formula is C22H24ClN3O2. The Morgan fingerprint density at radius 2 is 1.93 bits per heavy atom. The van der Waals surface area contributed by atoms with Gasteiger partial charge in [0.2, 0.25) is 0 Å². The second-order valence-corrected chi connectivity index (χ2v) is 7.16. The molecule has 0 saturated carbocycles. The molecule has 0 aliphatic carbocycles. The molecule has 0 radical (unpaired) electrons. The van der Waals surface area contributed by atoms with Gasteiger partial charge in [-0.2, -0.15) is 5.10 Å². The van der Waals surface area contributed by atoms with E-state index >= 15 is 0 Å². The molecule has 0 aliphatic heterocycles. The van der Waals surface area contributed by atoms with E-state index in [1.165, 1.54) is 0 Å². The van der Waals surface area contributed by atoms with Crippen molar-refractivity contribution in [3.63, 3.8) is 0 Å². The van der Waals surface area contributed by atoms with E-state index in [-0.39, 0.29) is 5.91 Å². The monoisotopic (exact) mass is 397 g/mol. The highest BCUT2D eigenvalue weighted by Crippen LogP contribution is 2.26. The Hall–Kier alpha value is -2.79. The van der Waals surface area contributed by atoms with Gasteiger partial charge >= 0.3 is 0 Å². The number of aromatic nitrogens is 2. The van der Waals surface area contributed by atoms with Gasteiger partial charge in [-0.3, -0.25) is 9.48 Å². The predicted molar refractivity (Wildman–Crippen MR) is 111 cm³/mol. The Morgan fingerprint density at radius 3 is 2.64 bits per heavy atom. The number of halogens is 1. The zero-order valence-corrected chi connectivity index (χ0v) is 16.9. The molecule has 1 amide bonds. The van der Waals surface area contributed by atoms with Crippen LogP contribution < -0.4 is 10.1 Å². The lowest BCUT2D eigenvalue weighted by molar-refractivity contribution is 0.0952. The average molecular weight is 398 g/mol. The number of nitrogens with zero attached hydrogens (tertiary/aromatic N) is 2. The second-order valence-electron chi connectivity index (χ2n) is 6.75. The lowest BCUT2D eigenvalue weighted by atomic mass is 10.1. The van der Waals surface area contributed by atoms with Crippen molar-refractivity contribution in [1.29, 1.82) is 0 Å². The fourth-order valence-electron chi connectivity index (χ4n) is 2.77. The van der Waals surface area contributed by atoms with Crippen LogP contribution in [0.5, 0.6) is 5.75 Å². The summed E-state index contributed by atoms with van der Waals surface area (Å²) in [6.45, 7) is 5.74. The topological polar surface area (TPSA) is 56.1 Å². The van der Waals surface area contributed by atoms with Crippen LogP contribution in [-0.4, -0.2) is 22.2 Å². The highest BCUT2D eigenvalue weighted by Gasteiger charge is 2.06. The molecule has 1 N–H and O–H groups in total. The molecule has 1 aromatic heterocycles. The summed E-state index contributed by atoms with van der Waals surface area (Å²) < 4.78 is 7.67. The molecule has 0 aliphatic rings. The minimum Gasteiger partial charge on any atom is -0.487 e.